The Kier molecular flexibility index (Phi) is 3.71. The van der Waals surface area contributed by atoms with Gasteiger partial charge in [0.15, 0.2) is 5.65 Å². The lowest BCUT2D eigenvalue weighted by Gasteiger charge is -2.35. The van der Waals surface area contributed by atoms with Crippen molar-refractivity contribution in [3.05, 3.63) is 42.4 Å². The molecule has 5 heteroatoms. The third-order valence-electron chi connectivity index (χ3n) is 4.76. The first kappa shape index (κ1) is 15.1. The molecule has 1 fully saturated rings. The molecule has 0 aliphatic carbocycles. The van der Waals surface area contributed by atoms with E-state index in [-0.39, 0.29) is 0 Å². The maximum atomic E-state index is 4.59. The van der Waals surface area contributed by atoms with Crippen molar-refractivity contribution in [2.45, 2.75) is 27.2 Å². The molecule has 4 rings (SSSR count). The van der Waals surface area contributed by atoms with E-state index in [0.717, 1.165) is 35.6 Å². The second kappa shape index (κ2) is 5.89. The van der Waals surface area contributed by atoms with Gasteiger partial charge in [0.05, 0.1) is 17.3 Å². The molecule has 3 heterocycles. The van der Waals surface area contributed by atoms with Crippen LogP contribution in [0.15, 0.2) is 36.8 Å². The lowest BCUT2D eigenvalue weighted by Crippen LogP contribution is -2.39. The second-order valence-corrected chi connectivity index (χ2v) is 7.18. The van der Waals surface area contributed by atoms with Crippen molar-refractivity contribution in [3.8, 4) is 5.69 Å². The minimum atomic E-state index is 0.686. The van der Waals surface area contributed by atoms with Gasteiger partial charge in [0, 0.05) is 13.1 Å². The Balaban J connectivity index is 1.79. The van der Waals surface area contributed by atoms with Crippen LogP contribution in [0.4, 0.5) is 5.82 Å². The Morgan fingerprint density at radius 3 is 2.62 bits per heavy atom. The number of hydrogen-bond acceptors (Lipinski definition) is 4. The van der Waals surface area contributed by atoms with Crippen LogP contribution < -0.4 is 4.90 Å². The van der Waals surface area contributed by atoms with Gasteiger partial charge in [-0.05, 0) is 42.9 Å². The van der Waals surface area contributed by atoms with Gasteiger partial charge in [0.2, 0.25) is 0 Å². The molecular formula is C19H23N5. The Bertz CT molecular complexity index is 859. The molecule has 2 aromatic heterocycles. The van der Waals surface area contributed by atoms with Gasteiger partial charge in [-0.15, -0.1) is 0 Å². The Morgan fingerprint density at radius 1 is 1.08 bits per heavy atom. The average molecular weight is 321 g/mol. The summed E-state index contributed by atoms with van der Waals surface area (Å²) in [6.07, 6.45) is 4.85. The van der Waals surface area contributed by atoms with Crippen LogP contribution in [0.5, 0.6) is 0 Å². The fraction of sp³-hybridized carbons (Fsp3) is 0.421. The van der Waals surface area contributed by atoms with Gasteiger partial charge in [-0.3, -0.25) is 0 Å². The van der Waals surface area contributed by atoms with Crippen LogP contribution in [-0.4, -0.2) is 32.8 Å². The fourth-order valence-corrected chi connectivity index (χ4v) is 3.87. The normalized spacial score (nSPS) is 21.4. The molecular weight excluding hydrogens is 298 g/mol. The Morgan fingerprint density at radius 2 is 1.88 bits per heavy atom. The summed E-state index contributed by atoms with van der Waals surface area (Å²) >= 11 is 0. The van der Waals surface area contributed by atoms with E-state index in [0.29, 0.717) is 11.8 Å². The number of rotatable bonds is 2. The maximum Gasteiger partial charge on any atom is 0.168 e. The number of hydrogen-bond donors (Lipinski definition) is 0. The molecule has 3 aromatic rings. The highest BCUT2D eigenvalue weighted by atomic mass is 15.3. The zero-order chi connectivity index (χ0) is 16.7. The molecule has 2 atom stereocenters. The van der Waals surface area contributed by atoms with Gasteiger partial charge in [-0.1, -0.05) is 26.0 Å². The van der Waals surface area contributed by atoms with Gasteiger partial charge >= 0.3 is 0 Å². The maximum absolute atomic E-state index is 4.59. The van der Waals surface area contributed by atoms with E-state index < -0.39 is 0 Å². The van der Waals surface area contributed by atoms with Crippen molar-refractivity contribution in [2.75, 3.05) is 18.0 Å². The number of aryl methyl sites for hydroxylation is 1. The largest absolute Gasteiger partial charge is 0.355 e. The third kappa shape index (κ3) is 2.64. The van der Waals surface area contributed by atoms with Crippen LogP contribution in [0, 0.1) is 18.8 Å². The molecule has 0 saturated carbocycles. The van der Waals surface area contributed by atoms with Crippen LogP contribution in [0.1, 0.15) is 25.8 Å². The molecule has 0 spiro atoms. The number of nitrogens with zero attached hydrogens (tertiary/aromatic N) is 5. The number of anilines is 1. The highest BCUT2D eigenvalue weighted by Crippen LogP contribution is 2.30. The van der Waals surface area contributed by atoms with Crippen molar-refractivity contribution < 1.29 is 0 Å². The minimum Gasteiger partial charge on any atom is -0.355 e. The van der Waals surface area contributed by atoms with E-state index in [1.54, 1.807) is 6.33 Å². The predicted octanol–water partition coefficient (Wildman–Crippen LogP) is 3.61. The average Bonchev–Trinajstić information content (AvgIpc) is 2.98. The smallest absolute Gasteiger partial charge is 0.168 e. The van der Waals surface area contributed by atoms with Crippen molar-refractivity contribution in [1.82, 2.24) is 19.7 Å². The Hall–Kier alpha value is -2.43. The second-order valence-electron chi connectivity index (χ2n) is 7.18. The first-order valence-corrected chi connectivity index (χ1v) is 8.62. The van der Waals surface area contributed by atoms with Crippen LogP contribution >= 0.6 is 0 Å². The van der Waals surface area contributed by atoms with E-state index in [2.05, 4.69) is 58.9 Å². The fourth-order valence-electron chi connectivity index (χ4n) is 3.87. The van der Waals surface area contributed by atoms with Crippen LogP contribution in [0.3, 0.4) is 0 Å². The predicted molar refractivity (Wildman–Crippen MR) is 96.6 cm³/mol. The van der Waals surface area contributed by atoms with Crippen LogP contribution in [0.2, 0.25) is 0 Å². The molecule has 0 N–H and O–H groups in total. The SMILES string of the molecule is Cc1cccc(-n2ncc3c(N4C[C@@H](C)C[C@H](C)C4)ncnc32)c1. The molecule has 24 heavy (non-hydrogen) atoms. The Labute approximate surface area is 142 Å². The van der Waals surface area contributed by atoms with Gasteiger partial charge in [-0.2, -0.15) is 5.10 Å². The molecule has 1 saturated heterocycles. The lowest BCUT2D eigenvalue weighted by molar-refractivity contribution is 0.356. The van der Waals surface area contributed by atoms with E-state index in [1.165, 1.54) is 12.0 Å². The van der Waals surface area contributed by atoms with E-state index >= 15 is 0 Å². The highest BCUT2D eigenvalue weighted by molar-refractivity contribution is 5.87. The van der Waals surface area contributed by atoms with Gasteiger partial charge in [-0.25, -0.2) is 14.6 Å². The topological polar surface area (TPSA) is 46.8 Å². The summed E-state index contributed by atoms with van der Waals surface area (Å²) in [5.74, 6) is 2.38. The molecule has 124 valence electrons. The summed E-state index contributed by atoms with van der Waals surface area (Å²) in [7, 11) is 0. The quantitative estimate of drug-likeness (QED) is 0.723. The van der Waals surface area contributed by atoms with Crippen molar-refractivity contribution in [3.63, 3.8) is 0 Å². The summed E-state index contributed by atoms with van der Waals surface area (Å²) in [6.45, 7) is 8.82. The zero-order valence-electron chi connectivity index (χ0n) is 14.5. The third-order valence-corrected chi connectivity index (χ3v) is 4.76. The van der Waals surface area contributed by atoms with Gasteiger partial charge in [0.1, 0.15) is 12.1 Å². The molecule has 1 aliphatic heterocycles. The molecule has 5 nitrogen and oxygen atoms in total. The zero-order valence-corrected chi connectivity index (χ0v) is 14.5. The summed E-state index contributed by atoms with van der Waals surface area (Å²) in [5.41, 5.74) is 3.12. The summed E-state index contributed by atoms with van der Waals surface area (Å²) in [4.78, 5) is 11.5. The minimum absolute atomic E-state index is 0.686. The molecule has 0 amide bonds. The van der Waals surface area contributed by atoms with Gasteiger partial charge in [0.25, 0.3) is 0 Å². The van der Waals surface area contributed by atoms with Crippen molar-refractivity contribution in [2.24, 2.45) is 11.8 Å². The standard InChI is InChI=1S/C19H23N5/c1-13-5-4-6-16(8-13)24-19-17(9-22-24)18(20-12-21-19)23-10-14(2)7-15(3)11-23/h4-6,8-9,12,14-15H,7,10-11H2,1-3H3/t14-,15-/m0/s1. The van der Waals surface area contributed by atoms with Crippen LogP contribution in [0.25, 0.3) is 16.7 Å². The summed E-state index contributed by atoms with van der Waals surface area (Å²) < 4.78 is 1.91. The van der Waals surface area contributed by atoms with E-state index in [4.69, 9.17) is 0 Å². The summed E-state index contributed by atoms with van der Waals surface area (Å²) in [6, 6.07) is 8.33. The summed E-state index contributed by atoms with van der Waals surface area (Å²) in [5, 5.41) is 5.62. The lowest BCUT2D eigenvalue weighted by atomic mass is 9.92. The first-order chi connectivity index (χ1) is 11.6. The van der Waals surface area contributed by atoms with Gasteiger partial charge < -0.3 is 4.90 Å². The molecule has 1 aliphatic rings. The van der Waals surface area contributed by atoms with Crippen molar-refractivity contribution >= 4 is 16.9 Å². The number of benzene rings is 1. The number of fused-ring (bicyclic) bond motifs is 1. The van der Waals surface area contributed by atoms with E-state index in [9.17, 15) is 0 Å². The number of piperidine rings is 1. The highest BCUT2D eigenvalue weighted by Gasteiger charge is 2.25. The monoisotopic (exact) mass is 321 g/mol. The molecule has 0 unspecified atom stereocenters. The van der Waals surface area contributed by atoms with Crippen molar-refractivity contribution in [1.29, 1.82) is 0 Å². The number of aromatic nitrogens is 4. The van der Waals surface area contributed by atoms with Crippen LogP contribution in [-0.2, 0) is 0 Å². The molecule has 0 bridgehead atoms. The molecule has 0 radical (unpaired) electrons. The molecule has 1 aromatic carbocycles. The van der Waals surface area contributed by atoms with E-state index in [1.807, 2.05) is 16.9 Å². The first-order valence-electron chi connectivity index (χ1n) is 8.62.